The second-order valence-corrected chi connectivity index (χ2v) is 3.32. The molecule has 1 atom stereocenters. The Labute approximate surface area is 79.6 Å². The van der Waals surface area contributed by atoms with Crippen LogP contribution in [0.3, 0.4) is 0 Å². The minimum Gasteiger partial charge on any atom is -0.381 e. The standard InChI is InChI=1S/C9H19N3O/c1-2-11-9(10)12-5-3-8-4-6-13-7-8/h8H,2-7H2,1H3,(H3,10,11,12). The molecular weight excluding hydrogens is 166 g/mol. The van der Waals surface area contributed by atoms with Gasteiger partial charge in [0.2, 0.25) is 0 Å². The summed E-state index contributed by atoms with van der Waals surface area (Å²) in [4.78, 5) is 4.21. The number of nitrogens with zero attached hydrogens (tertiary/aromatic N) is 1. The quantitative estimate of drug-likeness (QED) is 0.490. The maximum atomic E-state index is 5.58. The average molecular weight is 185 g/mol. The van der Waals surface area contributed by atoms with Crippen LogP contribution >= 0.6 is 0 Å². The van der Waals surface area contributed by atoms with Crippen molar-refractivity contribution in [1.82, 2.24) is 5.32 Å². The van der Waals surface area contributed by atoms with Gasteiger partial charge in [-0.1, -0.05) is 0 Å². The van der Waals surface area contributed by atoms with E-state index in [1.54, 1.807) is 0 Å². The molecule has 1 fully saturated rings. The van der Waals surface area contributed by atoms with Gasteiger partial charge in [0.1, 0.15) is 0 Å². The van der Waals surface area contributed by atoms with Crippen LogP contribution in [-0.4, -0.2) is 32.3 Å². The second kappa shape index (κ2) is 5.80. The van der Waals surface area contributed by atoms with Crippen molar-refractivity contribution in [1.29, 1.82) is 0 Å². The molecule has 0 amide bonds. The smallest absolute Gasteiger partial charge is 0.188 e. The molecule has 1 aliphatic rings. The van der Waals surface area contributed by atoms with Crippen molar-refractivity contribution in [2.24, 2.45) is 16.6 Å². The van der Waals surface area contributed by atoms with Crippen molar-refractivity contribution in [3.05, 3.63) is 0 Å². The Hall–Kier alpha value is -0.770. The molecule has 1 unspecified atom stereocenters. The van der Waals surface area contributed by atoms with Crippen LogP contribution in [0.1, 0.15) is 19.8 Å². The Morgan fingerprint density at radius 1 is 1.69 bits per heavy atom. The Morgan fingerprint density at radius 3 is 3.15 bits per heavy atom. The first-order valence-electron chi connectivity index (χ1n) is 4.94. The minimum absolute atomic E-state index is 0.557. The van der Waals surface area contributed by atoms with Crippen molar-refractivity contribution >= 4 is 5.96 Å². The summed E-state index contributed by atoms with van der Waals surface area (Å²) in [5.74, 6) is 1.25. The number of hydrogen-bond donors (Lipinski definition) is 2. The molecule has 13 heavy (non-hydrogen) atoms. The fourth-order valence-electron chi connectivity index (χ4n) is 1.42. The molecule has 76 valence electrons. The van der Waals surface area contributed by atoms with E-state index in [-0.39, 0.29) is 0 Å². The van der Waals surface area contributed by atoms with Gasteiger partial charge >= 0.3 is 0 Å². The van der Waals surface area contributed by atoms with Crippen LogP contribution in [0, 0.1) is 5.92 Å². The van der Waals surface area contributed by atoms with Crippen molar-refractivity contribution in [3.8, 4) is 0 Å². The van der Waals surface area contributed by atoms with Gasteiger partial charge in [0.15, 0.2) is 5.96 Å². The molecule has 0 aromatic rings. The lowest BCUT2D eigenvalue weighted by Crippen LogP contribution is -2.31. The Bertz CT molecular complexity index is 164. The molecular formula is C9H19N3O. The van der Waals surface area contributed by atoms with Gasteiger partial charge in [-0.05, 0) is 25.7 Å². The zero-order chi connectivity index (χ0) is 9.52. The predicted octanol–water partition coefficient (Wildman–Crippen LogP) is 0.337. The molecule has 1 aliphatic heterocycles. The molecule has 0 aromatic heterocycles. The number of aliphatic imine (C=N–C) groups is 1. The first kappa shape index (κ1) is 10.3. The molecule has 0 bridgehead atoms. The van der Waals surface area contributed by atoms with E-state index in [4.69, 9.17) is 10.5 Å². The monoisotopic (exact) mass is 185 g/mol. The number of nitrogens with two attached hydrogens (primary N) is 1. The van der Waals surface area contributed by atoms with E-state index >= 15 is 0 Å². The highest BCUT2D eigenvalue weighted by Crippen LogP contribution is 2.15. The Kier molecular flexibility index (Phi) is 4.60. The predicted molar refractivity (Wildman–Crippen MR) is 53.7 cm³/mol. The zero-order valence-electron chi connectivity index (χ0n) is 8.25. The number of hydrogen-bond acceptors (Lipinski definition) is 2. The van der Waals surface area contributed by atoms with Crippen LogP contribution in [0.5, 0.6) is 0 Å². The molecule has 3 N–H and O–H groups in total. The highest BCUT2D eigenvalue weighted by molar-refractivity contribution is 5.77. The molecule has 1 saturated heterocycles. The summed E-state index contributed by atoms with van der Waals surface area (Å²) in [7, 11) is 0. The summed E-state index contributed by atoms with van der Waals surface area (Å²) in [6.45, 7) is 5.47. The lowest BCUT2D eigenvalue weighted by Gasteiger charge is -2.05. The molecule has 0 aromatic carbocycles. The van der Waals surface area contributed by atoms with E-state index in [1.807, 2.05) is 6.92 Å². The molecule has 1 heterocycles. The van der Waals surface area contributed by atoms with Gasteiger partial charge in [0.25, 0.3) is 0 Å². The summed E-state index contributed by atoms with van der Waals surface area (Å²) >= 11 is 0. The molecule has 0 saturated carbocycles. The van der Waals surface area contributed by atoms with Crippen LogP contribution in [0.4, 0.5) is 0 Å². The molecule has 0 radical (unpaired) electrons. The first-order valence-corrected chi connectivity index (χ1v) is 4.94. The van der Waals surface area contributed by atoms with Crippen LogP contribution in [0.15, 0.2) is 4.99 Å². The van der Waals surface area contributed by atoms with Crippen molar-refractivity contribution in [2.75, 3.05) is 26.3 Å². The average Bonchev–Trinajstić information content (AvgIpc) is 2.57. The number of rotatable bonds is 4. The fourth-order valence-corrected chi connectivity index (χ4v) is 1.42. The highest BCUT2D eigenvalue weighted by Gasteiger charge is 2.14. The number of nitrogens with one attached hydrogen (secondary N) is 1. The van der Waals surface area contributed by atoms with Gasteiger partial charge in [-0.25, -0.2) is 0 Å². The van der Waals surface area contributed by atoms with Crippen molar-refractivity contribution in [2.45, 2.75) is 19.8 Å². The molecule has 4 nitrogen and oxygen atoms in total. The third-order valence-corrected chi connectivity index (χ3v) is 2.20. The molecule has 1 rings (SSSR count). The van der Waals surface area contributed by atoms with Crippen molar-refractivity contribution in [3.63, 3.8) is 0 Å². The molecule has 0 spiro atoms. The third kappa shape index (κ3) is 4.12. The van der Waals surface area contributed by atoms with Crippen LogP contribution in [-0.2, 0) is 4.74 Å². The second-order valence-electron chi connectivity index (χ2n) is 3.32. The normalized spacial score (nSPS) is 23.5. The van der Waals surface area contributed by atoms with Gasteiger partial charge in [-0.2, -0.15) is 0 Å². The van der Waals surface area contributed by atoms with Gasteiger partial charge in [-0.15, -0.1) is 0 Å². The zero-order valence-corrected chi connectivity index (χ0v) is 8.25. The maximum Gasteiger partial charge on any atom is 0.188 e. The van der Waals surface area contributed by atoms with E-state index in [0.717, 1.165) is 32.7 Å². The minimum atomic E-state index is 0.557. The highest BCUT2D eigenvalue weighted by atomic mass is 16.5. The Balaban J connectivity index is 2.07. The van der Waals surface area contributed by atoms with Gasteiger partial charge < -0.3 is 15.8 Å². The van der Waals surface area contributed by atoms with Crippen molar-refractivity contribution < 1.29 is 4.74 Å². The van der Waals surface area contributed by atoms with E-state index in [0.29, 0.717) is 11.9 Å². The summed E-state index contributed by atoms with van der Waals surface area (Å²) in [6, 6.07) is 0. The SMILES string of the molecule is CCNC(N)=NCCC1CCOC1. The molecule has 0 aliphatic carbocycles. The first-order chi connectivity index (χ1) is 6.33. The van der Waals surface area contributed by atoms with Crippen LogP contribution in [0.25, 0.3) is 0 Å². The largest absolute Gasteiger partial charge is 0.381 e. The fraction of sp³-hybridized carbons (Fsp3) is 0.889. The third-order valence-electron chi connectivity index (χ3n) is 2.20. The summed E-state index contributed by atoms with van der Waals surface area (Å²) in [5.41, 5.74) is 5.58. The number of ether oxygens (including phenoxy) is 1. The summed E-state index contributed by atoms with van der Waals surface area (Å²) < 4.78 is 5.27. The maximum absolute atomic E-state index is 5.58. The van der Waals surface area contributed by atoms with E-state index in [9.17, 15) is 0 Å². The Morgan fingerprint density at radius 2 is 2.54 bits per heavy atom. The summed E-state index contributed by atoms with van der Waals surface area (Å²) in [6.07, 6.45) is 2.27. The van der Waals surface area contributed by atoms with Gasteiger partial charge in [0.05, 0.1) is 0 Å². The van der Waals surface area contributed by atoms with Gasteiger partial charge in [-0.3, -0.25) is 4.99 Å². The summed E-state index contributed by atoms with van der Waals surface area (Å²) in [5, 5.41) is 2.97. The lowest BCUT2D eigenvalue weighted by atomic mass is 10.1. The van der Waals surface area contributed by atoms with E-state index in [2.05, 4.69) is 10.3 Å². The topological polar surface area (TPSA) is 59.6 Å². The van der Waals surface area contributed by atoms with Gasteiger partial charge in [0, 0.05) is 26.3 Å². The van der Waals surface area contributed by atoms with Crippen LogP contribution < -0.4 is 11.1 Å². The lowest BCUT2D eigenvalue weighted by molar-refractivity contribution is 0.184. The molecule has 4 heteroatoms. The van der Waals surface area contributed by atoms with E-state index < -0.39 is 0 Å². The number of guanidine groups is 1. The van der Waals surface area contributed by atoms with E-state index in [1.165, 1.54) is 6.42 Å². The van der Waals surface area contributed by atoms with Crippen LogP contribution in [0.2, 0.25) is 0 Å².